The predicted molar refractivity (Wildman–Crippen MR) is 66.8 cm³/mol. The minimum atomic E-state index is 0.256. The van der Waals surface area contributed by atoms with Crippen LogP contribution in [0.1, 0.15) is 32.6 Å². The van der Waals surface area contributed by atoms with Crippen molar-refractivity contribution in [3.8, 4) is 0 Å². The lowest BCUT2D eigenvalue weighted by atomic mass is 9.90. The molecule has 2 fully saturated rings. The summed E-state index contributed by atoms with van der Waals surface area (Å²) in [6.45, 7) is 4.79. The van der Waals surface area contributed by atoms with E-state index in [1.165, 1.54) is 12.8 Å². The molecule has 0 aromatic heterocycles. The van der Waals surface area contributed by atoms with E-state index in [2.05, 4.69) is 12.2 Å². The molecule has 2 heterocycles. The van der Waals surface area contributed by atoms with Crippen LogP contribution in [0.15, 0.2) is 0 Å². The van der Waals surface area contributed by atoms with Crippen LogP contribution in [0.25, 0.3) is 0 Å². The van der Waals surface area contributed by atoms with E-state index in [0.717, 1.165) is 19.6 Å². The van der Waals surface area contributed by atoms with Crippen LogP contribution in [0.2, 0.25) is 0 Å². The summed E-state index contributed by atoms with van der Waals surface area (Å²) >= 11 is 0. The van der Waals surface area contributed by atoms with Gasteiger partial charge >= 0.3 is 0 Å². The SMILES string of the molecule is CC1CCCNC1CC(=O)N(C)C1CCOC1. The highest BCUT2D eigenvalue weighted by molar-refractivity contribution is 5.77. The fourth-order valence-corrected chi connectivity index (χ4v) is 2.75. The van der Waals surface area contributed by atoms with Gasteiger partial charge in [0.05, 0.1) is 12.6 Å². The van der Waals surface area contributed by atoms with Gasteiger partial charge in [-0.05, 0) is 31.7 Å². The Kier molecular flexibility index (Phi) is 4.40. The molecule has 4 nitrogen and oxygen atoms in total. The van der Waals surface area contributed by atoms with Crippen LogP contribution in [0.4, 0.5) is 0 Å². The third kappa shape index (κ3) is 3.19. The van der Waals surface area contributed by atoms with E-state index in [9.17, 15) is 4.79 Å². The monoisotopic (exact) mass is 240 g/mol. The summed E-state index contributed by atoms with van der Waals surface area (Å²) in [5.74, 6) is 0.868. The van der Waals surface area contributed by atoms with Crippen LogP contribution < -0.4 is 5.32 Å². The number of amides is 1. The normalized spacial score (nSPS) is 33.6. The maximum absolute atomic E-state index is 12.2. The van der Waals surface area contributed by atoms with Crippen molar-refractivity contribution in [3.05, 3.63) is 0 Å². The zero-order chi connectivity index (χ0) is 12.3. The van der Waals surface area contributed by atoms with Crippen LogP contribution in [0, 0.1) is 5.92 Å². The molecule has 0 aromatic rings. The zero-order valence-electron chi connectivity index (χ0n) is 10.9. The van der Waals surface area contributed by atoms with Gasteiger partial charge in [-0.3, -0.25) is 4.79 Å². The van der Waals surface area contributed by atoms with E-state index < -0.39 is 0 Å². The first kappa shape index (κ1) is 12.8. The number of likely N-dealkylation sites (N-methyl/N-ethyl adjacent to an activating group) is 1. The molecular weight excluding hydrogens is 216 g/mol. The number of hydrogen-bond acceptors (Lipinski definition) is 3. The number of nitrogens with one attached hydrogen (secondary N) is 1. The molecule has 2 rings (SSSR count). The minimum Gasteiger partial charge on any atom is -0.379 e. The summed E-state index contributed by atoms with van der Waals surface area (Å²) in [4.78, 5) is 14.1. The summed E-state index contributed by atoms with van der Waals surface area (Å²) in [6.07, 6.45) is 4.09. The fraction of sp³-hybridized carbons (Fsp3) is 0.923. The Balaban J connectivity index is 1.82. The Bertz CT molecular complexity index is 264. The lowest BCUT2D eigenvalue weighted by Crippen LogP contribution is -2.46. The summed E-state index contributed by atoms with van der Waals surface area (Å²) < 4.78 is 5.33. The molecule has 0 radical (unpaired) electrons. The first-order valence-electron chi connectivity index (χ1n) is 6.75. The summed E-state index contributed by atoms with van der Waals surface area (Å²) in [5, 5.41) is 3.47. The van der Waals surface area contributed by atoms with Gasteiger partial charge in [0.2, 0.25) is 5.91 Å². The molecule has 4 heteroatoms. The summed E-state index contributed by atoms with van der Waals surface area (Å²) in [6, 6.07) is 0.655. The Hall–Kier alpha value is -0.610. The minimum absolute atomic E-state index is 0.256. The largest absolute Gasteiger partial charge is 0.379 e. The number of ether oxygens (including phenoxy) is 1. The Labute approximate surface area is 104 Å². The van der Waals surface area contributed by atoms with Crippen LogP contribution >= 0.6 is 0 Å². The molecule has 1 N–H and O–H groups in total. The Morgan fingerprint density at radius 1 is 1.47 bits per heavy atom. The molecule has 0 aliphatic carbocycles. The van der Waals surface area contributed by atoms with Crippen molar-refractivity contribution >= 4 is 5.91 Å². The number of carbonyl (C=O) groups is 1. The van der Waals surface area contributed by atoms with Crippen molar-refractivity contribution in [2.75, 3.05) is 26.8 Å². The van der Waals surface area contributed by atoms with Gasteiger partial charge in [-0.25, -0.2) is 0 Å². The highest BCUT2D eigenvalue weighted by Gasteiger charge is 2.28. The van der Waals surface area contributed by atoms with Crippen LogP contribution in [-0.2, 0) is 9.53 Å². The smallest absolute Gasteiger partial charge is 0.224 e. The molecule has 1 amide bonds. The molecule has 3 unspecified atom stereocenters. The lowest BCUT2D eigenvalue weighted by Gasteiger charge is -2.32. The molecule has 17 heavy (non-hydrogen) atoms. The second kappa shape index (κ2) is 5.83. The maximum atomic E-state index is 12.2. The molecule has 2 aliphatic rings. The van der Waals surface area contributed by atoms with E-state index in [-0.39, 0.29) is 5.91 Å². The van der Waals surface area contributed by atoms with E-state index in [1.807, 2.05) is 11.9 Å². The molecule has 3 atom stereocenters. The van der Waals surface area contributed by atoms with E-state index in [0.29, 0.717) is 31.0 Å². The van der Waals surface area contributed by atoms with Crippen molar-refractivity contribution in [1.82, 2.24) is 10.2 Å². The highest BCUT2D eigenvalue weighted by atomic mass is 16.5. The van der Waals surface area contributed by atoms with Gasteiger partial charge in [-0.15, -0.1) is 0 Å². The van der Waals surface area contributed by atoms with E-state index >= 15 is 0 Å². The first-order valence-corrected chi connectivity index (χ1v) is 6.75. The third-order valence-electron chi connectivity index (χ3n) is 4.17. The van der Waals surface area contributed by atoms with Crippen molar-refractivity contribution in [2.24, 2.45) is 5.92 Å². The van der Waals surface area contributed by atoms with Crippen LogP contribution in [0.5, 0.6) is 0 Å². The van der Waals surface area contributed by atoms with Crippen molar-refractivity contribution in [1.29, 1.82) is 0 Å². The molecule has 98 valence electrons. The quantitative estimate of drug-likeness (QED) is 0.800. The van der Waals surface area contributed by atoms with E-state index in [4.69, 9.17) is 4.74 Å². The second-order valence-corrected chi connectivity index (χ2v) is 5.41. The van der Waals surface area contributed by atoms with Gasteiger partial charge in [0.1, 0.15) is 0 Å². The van der Waals surface area contributed by atoms with Gasteiger partial charge < -0.3 is 15.0 Å². The number of carbonyl (C=O) groups excluding carboxylic acids is 1. The Morgan fingerprint density at radius 2 is 2.29 bits per heavy atom. The summed E-state index contributed by atoms with van der Waals surface area (Å²) in [5.41, 5.74) is 0. The summed E-state index contributed by atoms with van der Waals surface area (Å²) in [7, 11) is 1.91. The second-order valence-electron chi connectivity index (χ2n) is 5.41. The average Bonchev–Trinajstić information content (AvgIpc) is 2.84. The number of nitrogens with zero attached hydrogens (tertiary/aromatic N) is 1. The van der Waals surface area contributed by atoms with Crippen LogP contribution in [-0.4, -0.2) is 49.7 Å². The standard InChI is InChI=1S/C13H24N2O2/c1-10-4-3-6-14-12(10)8-13(16)15(2)11-5-7-17-9-11/h10-12,14H,3-9H2,1-2H3. The molecule has 0 saturated carbocycles. The first-order chi connectivity index (χ1) is 8.18. The maximum Gasteiger partial charge on any atom is 0.224 e. The average molecular weight is 240 g/mol. The number of piperidine rings is 1. The number of hydrogen-bond donors (Lipinski definition) is 1. The molecule has 0 aromatic carbocycles. The van der Waals surface area contributed by atoms with Gasteiger partial charge in [-0.1, -0.05) is 6.92 Å². The molecule has 2 saturated heterocycles. The van der Waals surface area contributed by atoms with E-state index in [1.54, 1.807) is 0 Å². The molecule has 2 aliphatic heterocycles. The Morgan fingerprint density at radius 3 is 2.94 bits per heavy atom. The van der Waals surface area contributed by atoms with Crippen molar-refractivity contribution in [2.45, 2.75) is 44.7 Å². The topological polar surface area (TPSA) is 41.6 Å². The van der Waals surface area contributed by atoms with Gasteiger partial charge in [0.15, 0.2) is 0 Å². The van der Waals surface area contributed by atoms with Crippen molar-refractivity contribution < 1.29 is 9.53 Å². The zero-order valence-corrected chi connectivity index (χ0v) is 10.9. The van der Waals surface area contributed by atoms with Gasteiger partial charge in [0, 0.05) is 26.1 Å². The van der Waals surface area contributed by atoms with Gasteiger partial charge in [0.25, 0.3) is 0 Å². The predicted octanol–water partition coefficient (Wildman–Crippen LogP) is 1.01. The number of rotatable bonds is 3. The third-order valence-corrected chi connectivity index (χ3v) is 4.17. The van der Waals surface area contributed by atoms with Crippen LogP contribution in [0.3, 0.4) is 0 Å². The molecular formula is C13H24N2O2. The van der Waals surface area contributed by atoms with Gasteiger partial charge in [-0.2, -0.15) is 0 Å². The fourth-order valence-electron chi connectivity index (χ4n) is 2.75. The molecule has 0 spiro atoms. The van der Waals surface area contributed by atoms with Crippen molar-refractivity contribution in [3.63, 3.8) is 0 Å². The molecule has 0 bridgehead atoms. The lowest BCUT2D eigenvalue weighted by molar-refractivity contribution is -0.133. The highest BCUT2D eigenvalue weighted by Crippen LogP contribution is 2.20.